The van der Waals surface area contributed by atoms with Gasteiger partial charge in [0.2, 0.25) is 11.7 Å². The van der Waals surface area contributed by atoms with Crippen LogP contribution in [0.15, 0.2) is 51.5 Å². The Hall–Kier alpha value is -2.45. The van der Waals surface area contributed by atoms with Crippen LogP contribution in [0.25, 0.3) is 22.1 Å². The molecule has 3 heterocycles. The lowest BCUT2D eigenvalue weighted by molar-refractivity contribution is 0.391. The first-order valence-corrected chi connectivity index (χ1v) is 9.53. The maximum atomic E-state index is 5.38. The SMILES string of the molecule is Cc1ccccc1-c1noc(CSc2nnc(-c3cccs3)n2C)n1. The minimum atomic E-state index is 0.551. The summed E-state index contributed by atoms with van der Waals surface area (Å²) in [7, 11) is 1.96. The Morgan fingerprint density at radius 2 is 2.04 bits per heavy atom. The van der Waals surface area contributed by atoms with Crippen molar-refractivity contribution in [2.24, 2.45) is 7.05 Å². The van der Waals surface area contributed by atoms with Crippen molar-refractivity contribution in [3.63, 3.8) is 0 Å². The molecule has 0 aliphatic heterocycles. The predicted molar refractivity (Wildman–Crippen MR) is 98.3 cm³/mol. The third-order valence-corrected chi connectivity index (χ3v) is 5.63. The van der Waals surface area contributed by atoms with Gasteiger partial charge >= 0.3 is 0 Å². The van der Waals surface area contributed by atoms with Gasteiger partial charge in [-0.05, 0) is 23.9 Å². The van der Waals surface area contributed by atoms with Crippen molar-refractivity contribution in [3.8, 4) is 22.1 Å². The van der Waals surface area contributed by atoms with Crippen LogP contribution in [0, 0.1) is 6.92 Å². The molecular weight excluding hydrogens is 354 g/mol. The van der Waals surface area contributed by atoms with Gasteiger partial charge in [-0.3, -0.25) is 0 Å². The highest BCUT2D eigenvalue weighted by Gasteiger charge is 2.15. The molecule has 0 aliphatic carbocycles. The first-order valence-electron chi connectivity index (χ1n) is 7.67. The second kappa shape index (κ2) is 6.81. The zero-order valence-corrected chi connectivity index (χ0v) is 15.3. The van der Waals surface area contributed by atoms with E-state index >= 15 is 0 Å². The quantitative estimate of drug-likeness (QED) is 0.491. The average molecular weight is 369 g/mol. The minimum absolute atomic E-state index is 0.551. The van der Waals surface area contributed by atoms with E-state index in [1.807, 2.05) is 60.3 Å². The van der Waals surface area contributed by atoms with Crippen LogP contribution in [-0.4, -0.2) is 24.9 Å². The smallest absolute Gasteiger partial charge is 0.237 e. The van der Waals surface area contributed by atoms with Gasteiger partial charge in [-0.2, -0.15) is 4.98 Å². The monoisotopic (exact) mass is 369 g/mol. The molecule has 3 aromatic heterocycles. The maximum absolute atomic E-state index is 5.38. The number of nitrogens with zero attached hydrogens (tertiary/aromatic N) is 5. The summed E-state index contributed by atoms with van der Waals surface area (Å²) < 4.78 is 7.36. The fourth-order valence-electron chi connectivity index (χ4n) is 2.43. The molecule has 0 amide bonds. The van der Waals surface area contributed by atoms with Gasteiger partial charge in [0.05, 0.1) is 10.6 Å². The van der Waals surface area contributed by atoms with Crippen molar-refractivity contribution in [1.29, 1.82) is 0 Å². The molecule has 1 aromatic carbocycles. The van der Waals surface area contributed by atoms with E-state index in [0.717, 1.165) is 27.0 Å². The van der Waals surface area contributed by atoms with Crippen molar-refractivity contribution < 1.29 is 4.52 Å². The Kier molecular flexibility index (Phi) is 4.37. The molecule has 4 rings (SSSR count). The van der Waals surface area contributed by atoms with E-state index < -0.39 is 0 Å². The van der Waals surface area contributed by atoms with Crippen LogP contribution < -0.4 is 0 Å². The van der Waals surface area contributed by atoms with Crippen LogP contribution in [-0.2, 0) is 12.8 Å². The molecule has 0 atom stereocenters. The first kappa shape index (κ1) is 16.0. The Morgan fingerprint density at radius 3 is 2.84 bits per heavy atom. The molecule has 0 saturated heterocycles. The molecule has 0 N–H and O–H groups in total. The molecule has 0 saturated carbocycles. The van der Waals surface area contributed by atoms with Crippen LogP contribution in [0.5, 0.6) is 0 Å². The molecule has 126 valence electrons. The summed E-state index contributed by atoms with van der Waals surface area (Å²) in [4.78, 5) is 5.59. The predicted octanol–water partition coefficient (Wildman–Crippen LogP) is 4.19. The summed E-state index contributed by atoms with van der Waals surface area (Å²) in [5.74, 6) is 2.61. The van der Waals surface area contributed by atoms with E-state index in [0.29, 0.717) is 17.5 Å². The lowest BCUT2D eigenvalue weighted by Gasteiger charge is -2.00. The highest BCUT2D eigenvalue weighted by atomic mass is 32.2. The number of benzene rings is 1. The summed E-state index contributed by atoms with van der Waals surface area (Å²) in [6.45, 7) is 2.03. The second-order valence-electron chi connectivity index (χ2n) is 5.46. The summed E-state index contributed by atoms with van der Waals surface area (Å²) >= 11 is 3.18. The van der Waals surface area contributed by atoms with Crippen molar-refractivity contribution in [2.75, 3.05) is 0 Å². The first-order chi connectivity index (χ1) is 12.2. The van der Waals surface area contributed by atoms with E-state index in [4.69, 9.17) is 4.52 Å². The van der Waals surface area contributed by atoms with Crippen molar-refractivity contribution in [2.45, 2.75) is 17.8 Å². The highest BCUT2D eigenvalue weighted by Crippen LogP contribution is 2.28. The molecule has 0 spiro atoms. The van der Waals surface area contributed by atoms with Gasteiger partial charge < -0.3 is 9.09 Å². The van der Waals surface area contributed by atoms with Gasteiger partial charge in [0, 0.05) is 12.6 Å². The van der Waals surface area contributed by atoms with Gasteiger partial charge in [-0.15, -0.1) is 21.5 Å². The van der Waals surface area contributed by atoms with Crippen LogP contribution in [0.1, 0.15) is 11.5 Å². The number of thioether (sulfide) groups is 1. The van der Waals surface area contributed by atoms with Crippen molar-refractivity contribution >= 4 is 23.1 Å². The molecular formula is C17H15N5OS2. The summed E-state index contributed by atoms with van der Waals surface area (Å²) in [6.07, 6.45) is 0. The summed E-state index contributed by atoms with van der Waals surface area (Å²) in [5, 5.41) is 15.5. The minimum Gasteiger partial charge on any atom is -0.338 e. The fraction of sp³-hybridized carbons (Fsp3) is 0.176. The van der Waals surface area contributed by atoms with E-state index in [-0.39, 0.29) is 0 Å². The molecule has 8 heteroatoms. The van der Waals surface area contributed by atoms with Gasteiger partial charge in [0.25, 0.3) is 0 Å². The molecule has 0 fully saturated rings. The fourth-order valence-corrected chi connectivity index (χ4v) is 3.93. The Bertz CT molecular complexity index is 990. The van der Waals surface area contributed by atoms with Gasteiger partial charge in [0.15, 0.2) is 11.0 Å². The molecule has 0 radical (unpaired) electrons. The zero-order chi connectivity index (χ0) is 17.2. The number of aryl methyl sites for hydroxylation is 1. The van der Waals surface area contributed by atoms with Crippen molar-refractivity contribution in [3.05, 3.63) is 53.2 Å². The Balaban J connectivity index is 1.49. The average Bonchev–Trinajstić information content (AvgIpc) is 3.34. The molecule has 0 unspecified atom stereocenters. The lowest BCUT2D eigenvalue weighted by atomic mass is 10.1. The zero-order valence-electron chi connectivity index (χ0n) is 13.7. The van der Waals surface area contributed by atoms with E-state index in [2.05, 4.69) is 20.3 Å². The largest absolute Gasteiger partial charge is 0.338 e. The van der Waals surface area contributed by atoms with Crippen LogP contribution in [0.4, 0.5) is 0 Å². The number of hydrogen-bond acceptors (Lipinski definition) is 7. The lowest BCUT2D eigenvalue weighted by Crippen LogP contribution is -1.94. The molecule has 6 nitrogen and oxygen atoms in total. The third kappa shape index (κ3) is 3.22. The Morgan fingerprint density at radius 1 is 1.16 bits per heavy atom. The molecule has 0 aliphatic rings. The number of aromatic nitrogens is 5. The molecule has 0 bridgehead atoms. The number of rotatable bonds is 5. The summed E-state index contributed by atoms with van der Waals surface area (Å²) in [6, 6.07) is 12.0. The topological polar surface area (TPSA) is 69.6 Å². The van der Waals surface area contributed by atoms with Gasteiger partial charge in [-0.1, -0.05) is 47.3 Å². The molecule has 4 aromatic rings. The van der Waals surface area contributed by atoms with Crippen LogP contribution in [0.3, 0.4) is 0 Å². The van der Waals surface area contributed by atoms with E-state index in [9.17, 15) is 0 Å². The van der Waals surface area contributed by atoms with Gasteiger partial charge in [0.1, 0.15) is 0 Å². The molecule has 25 heavy (non-hydrogen) atoms. The summed E-state index contributed by atoms with van der Waals surface area (Å²) in [5.41, 5.74) is 2.11. The Labute approximate surface area is 152 Å². The third-order valence-electron chi connectivity index (χ3n) is 3.76. The normalized spacial score (nSPS) is 11.1. The van der Waals surface area contributed by atoms with Gasteiger partial charge in [-0.25, -0.2) is 0 Å². The van der Waals surface area contributed by atoms with E-state index in [1.165, 1.54) is 11.8 Å². The maximum Gasteiger partial charge on any atom is 0.237 e. The standard InChI is InChI=1S/C17H15N5OS2/c1-11-6-3-4-7-12(11)15-18-14(23-21-15)10-25-17-20-19-16(22(17)2)13-8-5-9-24-13/h3-9H,10H2,1-2H3. The number of thiophene rings is 1. The number of hydrogen-bond donors (Lipinski definition) is 0. The highest BCUT2D eigenvalue weighted by molar-refractivity contribution is 7.98. The van der Waals surface area contributed by atoms with Crippen LogP contribution >= 0.6 is 23.1 Å². The second-order valence-corrected chi connectivity index (χ2v) is 7.35. The van der Waals surface area contributed by atoms with Crippen molar-refractivity contribution in [1.82, 2.24) is 24.9 Å². The van der Waals surface area contributed by atoms with Crippen LogP contribution in [0.2, 0.25) is 0 Å². The van der Waals surface area contributed by atoms with E-state index in [1.54, 1.807) is 11.3 Å².